The van der Waals surface area contributed by atoms with Crippen LogP contribution in [0.4, 0.5) is 4.39 Å². The van der Waals surface area contributed by atoms with E-state index in [1.807, 2.05) is 30.5 Å². The fraction of sp³-hybridized carbons (Fsp3) is 0.308. The van der Waals surface area contributed by atoms with Gasteiger partial charge in [0.2, 0.25) is 5.91 Å². The normalized spacial score (nSPS) is 16.1. The van der Waals surface area contributed by atoms with Gasteiger partial charge < -0.3 is 10.1 Å². The summed E-state index contributed by atoms with van der Waals surface area (Å²) >= 11 is 0. The Balaban J connectivity index is 1.46. The number of para-hydroxylation sites is 1. The predicted molar refractivity (Wildman–Crippen MR) is 121 cm³/mol. The first kappa shape index (κ1) is 22.0. The van der Waals surface area contributed by atoms with Gasteiger partial charge >= 0.3 is 0 Å². The monoisotopic (exact) mass is 433 g/mol. The molecule has 4 rings (SSSR count). The molecular formula is C26H28FN3O2. The van der Waals surface area contributed by atoms with Crippen molar-refractivity contribution in [1.29, 1.82) is 0 Å². The lowest BCUT2D eigenvalue weighted by Crippen LogP contribution is -2.24. The molecule has 166 valence electrons. The van der Waals surface area contributed by atoms with Crippen LogP contribution in [0.3, 0.4) is 0 Å². The van der Waals surface area contributed by atoms with Crippen LogP contribution < -0.4 is 10.1 Å². The van der Waals surface area contributed by atoms with Crippen LogP contribution in [0.5, 0.6) is 5.75 Å². The molecule has 0 aliphatic carbocycles. The van der Waals surface area contributed by atoms with Gasteiger partial charge in [-0.05, 0) is 60.8 Å². The first-order valence-electron chi connectivity index (χ1n) is 11.0. The van der Waals surface area contributed by atoms with Gasteiger partial charge in [-0.15, -0.1) is 0 Å². The van der Waals surface area contributed by atoms with Crippen LogP contribution in [0, 0.1) is 5.82 Å². The molecule has 0 spiro atoms. The second-order valence-electron chi connectivity index (χ2n) is 8.15. The van der Waals surface area contributed by atoms with Gasteiger partial charge in [0, 0.05) is 31.3 Å². The number of hydrogen-bond acceptors (Lipinski definition) is 4. The zero-order valence-corrected chi connectivity index (χ0v) is 18.3. The first-order valence-corrected chi connectivity index (χ1v) is 11.0. The molecule has 1 N–H and O–H groups in total. The Labute approximate surface area is 188 Å². The highest BCUT2D eigenvalue weighted by Crippen LogP contribution is 2.34. The lowest BCUT2D eigenvalue weighted by atomic mass is 10.0. The summed E-state index contributed by atoms with van der Waals surface area (Å²) in [7, 11) is 0. The van der Waals surface area contributed by atoms with Crippen molar-refractivity contribution in [3.63, 3.8) is 0 Å². The Bertz CT molecular complexity index is 1070. The quantitative estimate of drug-likeness (QED) is 0.556. The molecule has 2 aromatic carbocycles. The number of likely N-dealkylation sites (tertiary alicyclic amines) is 1. The molecule has 1 unspecified atom stereocenters. The van der Waals surface area contributed by atoms with Crippen LogP contribution in [0.2, 0.25) is 0 Å². The minimum Gasteiger partial charge on any atom is -0.489 e. The van der Waals surface area contributed by atoms with Gasteiger partial charge in [0.25, 0.3) is 0 Å². The number of aromatic nitrogens is 1. The number of pyridine rings is 1. The van der Waals surface area contributed by atoms with E-state index in [0.29, 0.717) is 19.2 Å². The van der Waals surface area contributed by atoms with Crippen molar-refractivity contribution in [3.05, 3.63) is 95.1 Å². The lowest BCUT2D eigenvalue weighted by molar-refractivity contribution is -0.119. The third-order valence-corrected chi connectivity index (χ3v) is 5.74. The number of amides is 1. The van der Waals surface area contributed by atoms with E-state index in [-0.39, 0.29) is 11.7 Å². The van der Waals surface area contributed by atoms with Crippen LogP contribution in [0.25, 0.3) is 0 Å². The van der Waals surface area contributed by atoms with Crippen molar-refractivity contribution in [2.45, 2.75) is 45.5 Å². The average Bonchev–Trinajstić information content (AvgIpc) is 3.25. The molecule has 2 heterocycles. The molecule has 0 saturated carbocycles. The Hall–Kier alpha value is -3.25. The van der Waals surface area contributed by atoms with Crippen molar-refractivity contribution >= 4 is 5.91 Å². The molecule has 1 saturated heterocycles. The number of halogens is 1. The summed E-state index contributed by atoms with van der Waals surface area (Å²) in [5, 5.41) is 2.81. The summed E-state index contributed by atoms with van der Waals surface area (Å²) in [6.07, 6.45) is 4.02. The van der Waals surface area contributed by atoms with Crippen molar-refractivity contribution in [2.75, 3.05) is 6.54 Å². The lowest BCUT2D eigenvalue weighted by Gasteiger charge is -2.26. The highest BCUT2D eigenvalue weighted by Gasteiger charge is 2.27. The van der Waals surface area contributed by atoms with Gasteiger partial charge in [-0.3, -0.25) is 14.7 Å². The maximum atomic E-state index is 13.5. The number of nitrogens with one attached hydrogen (secondary N) is 1. The second-order valence-corrected chi connectivity index (χ2v) is 8.15. The van der Waals surface area contributed by atoms with Crippen LogP contribution in [0.1, 0.15) is 48.2 Å². The SMILES string of the molecule is CC(=O)NCc1cc(C2CCCN2Cc2ccccc2OCc2cccc(F)c2)ccn1. The van der Waals surface area contributed by atoms with Crippen molar-refractivity contribution in [2.24, 2.45) is 0 Å². The number of rotatable bonds is 8. The largest absolute Gasteiger partial charge is 0.489 e. The molecule has 0 bridgehead atoms. The van der Waals surface area contributed by atoms with E-state index in [1.165, 1.54) is 24.6 Å². The van der Waals surface area contributed by atoms with Crippen LogP contribution in [-0.2, 0) is 24.5 Å². The highest BCUT2D eigenvalue weighted by molar-refractivity contribution is 5.72. The molecule has 6 heteroatoms. The molecule has 5 nitrogen and oxygen atoms in total. The molecule has 1 aliphatic heterocycles. The Morgan fingerprint density at radius 1 is 1.19 bits per heavy atom. The van der Waals surface area contributed by atoms with Gasteiger partial charge in [-0.2, -0.15) is 0 Å². The molecule has 1 atom stereocenters. The maximum absolute atomic E-state index is 13.5. The summed E-state index contributed by atoms with van der Waals surface area (Å²) in [5.74, 6) is 0.507. The topological polar surface area (TPSA) is 54.5 Å². The number of benzene rings is 2. The highest BCUT2D eigenvalue weighted by atomic mass is 19.1. The zero-order valence-electron chi connectivity index (χ0n) is 18.3. The second kappa shape index (κ2) is 10.4. The van der Waals surface area contributed by atoms with E-state index in [9.17, 15) is 9.18 Å². The van der Waals surface area contributed by atoms with Crippen molar-refractivity contribution in [3.8, 4) is 5.75 Å². The van der Waals surface area contributed by atoms with E-state index in [2.05, 4.69) is 33.4 Å². The van der Waals surface area contributed by atoms with Gasteiger partial charge in [0.05, 0.1) is 12.2 Å². The third kappa shape index (κ3) is 5.71. The molecule has 32 heavy (non-hydrogen) atoms. The summed E-state index contributed by atoms with van der Waals surface area (Å²) in [6, 6.07) is 19.0. The Morgan fingerprint density at radius 3 is 2.91 bits per heavy atom. The first-order chi connectivity index (χ1) is 15.6. The average molecular weight is 434 g/mol. The van der Waals surface area contributed by atoms with E-state index < -0.39 is 0 Å². The molecule has 1 fully saturated rings. The fourth-order valence-electron chi connectivity index (χ4n) is 4.19. The summed E-state index contributed by atoms with van der Waals surface area (Å²) in [5.41, 5.74) is 4.00. The van der Waals surface area contributed by atoms with Crippen LogP contribution in [-0.4, -0.2) is 22.3 Å². The van der Waals surface area contributed by atoms with Crippen LogP contribution >= 0.6 is 0 Å². The molecule has 1 aliphatic rings. The number of hydrogen-bond donors (Lipinski definition) is 1. The summed E-state index contributed by atoms with van der Waals surface area (Å²) in [4.78, 5) is 18.1. The van der Waals surface area contributed by atoms with Crippen molar-refractivity contribution < 1.29 is 13.9 Å². The molecule has 0 radical (unpaired) electrons. The summed E-state index contributed by atoms with van der Waals surface area (Å²) in [6.45, 7) is 4.05. The number of nitrogens with zero attached hydrogens (tertiary/aromatic N) is 2. The molecule has 1 aromatic heterocycles. The van der Waals surface area contributed by atoms with E-state index >= 15 is 0 Å². The predicted octanol–water partition coefficient (Wildman–Crippen LogP) is 4.77. The van der Waals surface area contributed by atoms with E-state index in [1.54, 1.807) is 6.07 Å². The molecular weight excluding hydrogens is 405 g/mol. The Morgan fingerprint density at radius 2 is 2.06 bits per heavy atom. The number of carbonyl (C=O) groups excluding carboxylic acids is 1. The maximum Gasteiger partial charge on any atom is 0.217 e. The van der Waals surface area contributed by atoms with E-state index in [0.717, 1.165) is 48.5 Å². The fourth-order valence-corrected chi connectivity index (χ4v) is 4.19. The van der Waals surface area contributed by atoms with Crippen molar-refractivity contribution in [1.82, 2.24) is 15.2 Å². The number of ether oxygens (including phenoxy) is 1. The minimum absolute atomic E-state index is 0.0606. The molecule has 3 aromatic rings. The van der Waals surface area contributed by atoms with Gasteiger partial charge in [-0.25, -0.2) is 4.39 Å². The van der Waals surface area contributed by atoms with E-state index in [4.69, 9.17) is 4.74 Å². The standard InChI is InChI=1S/C26H28FN3O2/c1-19(31)29-16-24-15-21(11-12-28-24)25-9-5-13-30(25)17-22-7-2-3-10-26(22)32-18-20-6-4-8-23(27)14-20/h2-4,6-8,10-12,14-15,25H,5,9,13,16-18H2,1H3,(H,29,31). The third-order valence-electron chi connectivity index (χ3n) is 5.74. The van der Waals surface area contributed by atoms with Gasteiger partial charge in [0.1, 0.15) is 18.2 Å². The smallest absolute Gasteiger partial charge is 0.217 e. The number of carbonyl (C=O) groups is 1. The van der Waals surface area contributed by atoms with Gasteiger partial charge in [-0.1, -0.05) is 30.3 Å². The van der Waals surface area contributed by atoms with Gasteiger partial charge in [0.15, 0.2) is 0 Å². The minimum atomic E-state index is -0.255. The summed E-state index contributed by atoms with van der Waals surface area (Å²) < 4.78 is 19.5. The zero-order chi connectivity index (χ0) is 22.3. The Kier molecular flexibility index (Phi) is 7.12. The van der Waals surface area contributed by atoms with Crippen LogP contribution in [0.15, 0.2) is 66.9 Å². The molecule has 1 amide bonds.